The lowest BCUT2D eigenvalue weighted by Crippen LogP contribution is -2.44. The fourth-order valence-electron chi connectivity index (χ4n) is 2.67. The SMILES string of the molecule is C=C(C(=O)O)[C@@H](CC(C)C)C(=O)N(CCc1ccccc1)C(=O)OCCOC. The molecule has 0 aromatic heterocycles. The Morgan fingerprint density at radius 1 is 1.14 bits per heavy atom. The van der Waals surface area contributed by atoms with Gasteiger partial charge in [0, 0.05) is 19.2 Å². The van der Waals surface area contributed by atoms with E-state index >= 15 is 0 Å². The first-order chi connectivity index (χ1) is 13.3. The Morgan fingerprint density at radius 2 is 1.79 bits per heavy atom. The van der Waals surface area contributed by atoms with Gasteiger partial charge in [0.15, 0.2) is 0 Å². The van der Waals surface area contributed by atoms with Gasteiger partial charge in [-0.05, 0) is 24.3 Å². The first-order valence-corrected chi connectivity index (χ1v) is 9.21. The Balaban J connectivity index is 3.03. The zero-order chi connectivity index (χ0) is 21.1. The van der Waals surface area contributed by atoms with Gasteiger partial charge in [-0.3, -0.25) is 4.79 Å². The maximum Gasteiger partial charge on any atom is 0.416 e. The number of hydrogen-bond acceptors (Lipinski definition) is 5. The molecular formula is C21H29NO6. The third kappa shape index (κ3) is 7.52. The molecule has 0 heterocycles. The van der Waals surface area contributed by atoms with Gasteiger partial charge in [0.1, 0.15) is 6.61 Å². The van der Waals surface area contributed by atoms with Crippen molar-refractivity contribution in [1.29, 1.82) is 0 Å². The number of carboxylic acids is 1. The van der Waals surface area contributed by atoms with Gasteiger partial charge in [0.2, 0.25) is 5.91 Å². The van der Waals surface area contributed by atoms with Crippen molar-refractivity contribution in [1.82, 2.24) is 4.90 Å². The van der Waals surface area contributed by atoms with E-state index < -0.39 is 23.9 Å². The number of methoxy groups -OCH3 is 1. The van der Waals surface area contributed by atoms with E-state index in [-0.39, 0.29) is 37.7 Å². The highest BCUT2D eigenvalue weighted by Gasteiger charge is 2.34. The van der Waals surface area contributed by atoms with Gasteiger partial charge in [-0.1, -0.05) is 50.8 Å². The van der Waals surface area contributed by atoms with E-state index in [0.717, 1.165) is 10.5 Å². The highest BCUT2D eigenvalue weighted by Crippen LogP contribution is 2.23. The van der Waals surface area contributed by atoms with Gasteiger partial charge in [0.05, 0.1) is 12.5 Å². The third-order valence-corrected chi connectivity index (χ3v) is 4.17. The van der Waals surface area contributed by atoms with Crippen LogP contribution in [0.25, 0.3) is 0 Å². The number of rotatable bonds is 11. The Labute approximate surface area is 165 Å². The first-order valence-electron chi connectivity index (χ1n) is 9.21. The summed E-state index contributed by atoms with van der Waals surface area (Å²) in [5.41, 5.74) is 0.718. The summed E-state index contributed by atoms with van der Waals surface area (Å²) in [5, 5.41) is 9.31. The lowest BCUT2D eigenvalue weighted by Gasteiger charge is -2.26. The normalized spacial score (nSPS) is 11.7. The summed E-state index contributed by atoms with van der Waals surface area (Å²) in [6, 6.07) is 9.39. The van der Waals surface area contributed by atoms with Crippen LogP contribution in [0.1, 0.15) is 25.8 Å². The molecule has 0 aliphatic heterocycles. The molecule has 154 valence electrons. The summed E-state index contributed by atoms with van der Waals surface area (Å²) in [7, 11) is 1.47. The Morgan fingerprint density at radius 3 is 2.32 bits per heavy atom. The van der Waals surface area contributed by atoms with Crippen molar-refractivity contribution in [2.24, 2.45) is 11.8 Å². The van der Waals surface area contributed by atoms with Crippen molar-refractivity contribution in [3.63, 3.8) is 0 Å². The van der Waals surface area contributed by atoms with Crippen LogP contribution in [0.5, 0.6) is 0 Å². The van der Waals surface area contributed by atoms with E-state index in [1.807, 2.05) is 44.2 Å². The molecule has 7 nitrogen and oxygen atoms in total. The van der Waals surface area contributed by atoms with Crippen LogP contribution in [0.4, 0.5) is 4.79 Å². The third-order valence-electron chi connectivity index (χ3n) is 4.17. The molecule has 1 N–H and O–H groups in total. The van der Waals surface area contributed by atoms with Crippen LogP contribution in [-0.4, -0.2) is 54.8 Å². The topological polar surface area (TPSA) is 93.1 Å². The summed E-state index contributed by atoms with van der Waals surface area (Å²) in [6.07, 6.45) is -0.109. The molecule has 1 aromatic carbocycles. The number of ether oxygens (including phenoxy) is 2. The van der Waals surface area contributed by atoms with E-state index in [0.29, 0.717) is 6.42 Å². The number of carboxylic acid groups (broad SMARTS) is 1. The van der Waals surface area contributed by atoms with Crippen LogP contribution in [0.3, 0.4) is 0 Å². The highest BCUT2D eigenvalue weighted by molar-refractivity contribution is 6.00. The fraction of sp³-hybridized carbons (Fsp3) is 0.476. The van der Waals surface area contributed by atoms with Crippen LogP contribution in [0, 0.1) is 11.8 Å². The van der Waals surface area contributed by atoms with Crippen LogP contribution in [-0.2, 0) is 25.5 Å². The van der Waals surface area contributed by atoms with Crippen molar-refractivity contribution < 1.29 is 29.0 Å². The van der Waals surface area contributed by atoms with Crippen molar-refractivity contribution in [3.8, 4) is 0 Å². The second-order valence-electron chi connectivity index (χ2n) is 6.85. The van der Waals surface area contributed by atoms with E-state index in [9.17, 15) is 19.5 Å². The van der Waals surface area contributed by atoms with E-state index in [4.69, 9.17) is 9.47 Å². The minimum absolute atomic E-state index is 0.000819. The second-order valence-corrected chi connectivity index (χ2v) is 6.85. The Bertz CT molecular complexity index is 671. The maximum absolute atomic E-state index is 13.1. The summed E-state index contributed by atoms with van der Waals surface area (Å²) in [5.74, 6) is -2.82. The number of carbonyl (C=O) groups excluding carboxylic acids is 2. The van der Waals surface area contributed by atoms with Crippen LogP contribution in [0.15, 0.2) is 42.5 Å². The number of carbonyl (C=O) groups is 3. The number of benzene rings is 1. The minimum atomic E-state index is -1.25. The van der Waals surface area contributed by atoms with Gasteiger partial charge in [-0.15, -0.1) is 0 Å². The largest absolute Gasteiger partial charge is 0.478 e. The van der Waals surface area contributed by atoms with Gasteiger partial charge in [-0.25, -0.2) is 14.5 Å². The Kier molecular flexibility index (Phi) is 9.95. The molecule has 2 amide bonds. The molecule has 0 unspecified atom stereocenters. The summed E-state index contributed by atoms with van der Waals surface area (Å²) in [6.45, 7) is 7.57. The number of amides is 2. The Hall–Kier alpha value is -2.67. The molecule has 0 aliphatic rings. The first kappa shape index (κ1) is 23.4. The quantitative estimate of drug-likeness (QED) is 0.460. The van der Waals surface area contributed by atoms with Gasteiger partial charge >= 0.3 is 12.1 Å². The average Bonchev–Trinajstić information content (AvgIpc) is 2.66. The zero-order valence-electron chi connectivity index (χ0n) is 16.7. The lowest BCUT2D eigenvalue weighted by atomic mass is 9.89. The number of nitrogens with zero attached hydrogens (tertiary/aromatic N) is 1. The molecule has 28 heavy (non-hydrogen) atoms. The summed E-state index contributed by atoms with van der Waals surface area (Å²) in [4.78, 5) is 38.0. The molecule has 0 aliphatic carbocycles. The molecule has 0 spiro atoms. The van der Waals surface area contributed by atoms with Crippen LogP contribution >= 0.6 is 0 Å². The molecule has 0 radical (unpaired) electrons. The predicted molar refractivity (Wildman–Crippen MR) is 105 cm³/mol. The standard InChI is InChI=1S/C21H29NO6/c1-15(2)14-18(16(3)20(24)25)19(23)22(21(26)28-13-12-27-4)11-10-17-8-6-5-7-9-17/h5-9,15,18H,3,10-14H2,1-2,4H3,(H,24,25)/t18-/m1/s1. The second kappa shape index (κ2) is 11.9. The molecule has 0 saturated carbocycles. The predicted octanol–water partition coefficient (Wildman–Crippen LogP) is 3.14. The molecule has 1 aromatic rings. The van der Waals surface area contributed by atoms with E-state index in [2.05, 4.69) is 6.58 Å². The number of aliphatic carboxylic acids is 1. The van der Waals surface area contributed by atoms with Gasteiger partial charge < -0.3 is 14.6 Å². The van der Waals surface area contributed by atoms with Crippen molar-refractivity contribution >= 4 is 18.0 Å². The van der Waals surface area contributed by atoms with Crippen molar-refractivity contribution in [2.75, 3.05) is 26.9 Å². The molecular weight excluding hydrogens is 362 g/mol. The van der Waals surface area contributed by atoms with E-state index in [1.165, 1.54) is 7.11 Å². The molecule has 1 atom stereocenters. The van der Waals surface area contributed by atoms with Crippen molar-refractivity contribution in [3.05, 3.63) is 48.0 Å². The zero-order valence-corrected chi connectivity index (χ0v) is 16.7. The highest BCUT2D eigenvalue weighted by atomic mass is 16.6. The fourth-order valence-corrected chi connectivity index (χ4v) is 2.67. The lowest BCUT2D eigenvalue weighted by molar-refractivity contribution is -0.139. The van der Waals surface area contributed by atoms with Gasteiger partial charge in [0.25, 0.3) is 0 Å². The summed E-state index contributed by atoms with van der Waals surface area (Å²) >= 11 is 0. The minimum Gasteiger partial charge on any atom is -0.478 e. The average molecular weight is 391 g/mol. The van der Waals surface area contributed by atoms with E-state index in [1.54, 1.807) is 0 Å². The molecule has 7 heteroatoms. The number of hydrogen-bond donors (Lipinski definition) is 1. The number of imide groups is 1. The van der Waals surface area contributed by atoms with Crippen molar-refractivity contribution in [2.45, 2.75) is 26.7 Å². The van der Waals surface area contributed by atoms with Gasteiger partial charge in [-0.2, -0.15) is 0 Å². The molecule has 0 saturated heterocycles. The molecule has 1 rings (SSSR count). The summed E-state index contributed by atoms with van der Waals surface area (Å²) < 4.78 is 9.97. The van der Waals surface area contributed by atoms with Crippen LogP contribution < -0.4 is 0 Å². The molecule has 0 bridgehead atoms. The smallest absolute Gasteiger partial charge is 0.416 e. The van der Waals surface area contributed by atoms with Crippen LogP contribution in [0.2, 0.25) is 0 Å². The maximum atomic E-state index is 13.1. The molecule has 0 fully saturated rings. The monoisotopic (exact) mass is 391 g/mol.